The molecule has 0 spiro atoms. The van der Waals surface area contributed by atoms with Crippen LogP contribution in [0.3, 0.4) is 0 Å². The highest BCUT2D eigenvalue weighted by molar-refractivity contribution is 6.28. The molecule has 14 heavy (non-hydrogen) atoms. The van der Waals surface area contributed by atoms with E-state index in [1.54, 1.807) is 6.07 Å². The number of aromatic nitrogens is 2. The van der Waals surface area contributed by atoms with Gasteiger partial charge in [0, 0.05) is 11.8 Å². The zero-order valence-electron chi connectivity index (χ0n) is 8.75. The molecular formula is C10H15ClN2O. The highest BCUT2D eigenvalue weighted by atomic mass is 35.5. The lowest BCUT2D eigenvalue weighted by Crippen LogP contribution is -2.12. The predicted molar refractivity (Wildman–Crippen MR) is 56.8 cm³/mol. The van der Waals surface area contributed by atoms with E-state index >= 15 is 0 Å². The van der Waals surface area contributed by atoms with Gasteiger partial charge in [0.25, 0.3) is 0 Å². The van der Waals surface area contributed by atoms with E-state index in [0.717, 1.165) is 18.5 Å². The van der Waals surface area contributed by atoms with Crippen molar-refractivity contribution in [3.05, 3.63) is 17.0 Å². The minimum Gasteiger partial charge on any atom is -0.475 e. The van der Waals surface area contributed by atoms with E-state index in [2.05, 4.69) is 16.9 Å². The molecule has 0 saturated heterocycles. The van der Waals surface area contributed by atoms with Gasteiger partial charge in [-0.1, -0.05) is 13.3 Å². The van der Waals surface area contributed by atoms with E-state index in [-0.39, 0.29) is 11.4 Å². The summed E-state index contributed by atoms with van der Waals surface area (Å²) < 4.78 is 5.58. The van der Waals surface area contributed by atoms with Crippen LogP contribution >= 0.6 is 11.6 Å². The SMILES string of the molecule is CCCC(C)Oc1cc(C)nc(Cl)n1. The first-order chi connectivity index (χ1) is 6.61. The summed E-state index contributed by atoms with van der Waals surface area (Å²) in [5, 5.41) is 0.240. The topological polar surface area (TPSA) is 35.0 Å². The third-order valence-corrected chi connectivity index (χ3v) is 1.99. The summed E-state index contributed by atoms with van der Waals surface area (Å²) in [6.07, 6.45) is 2.28. The summed E-state index contributed by atoms with van der Waals surface area (Å²) in [5.74, 6) is 0.559. The molecule has 78 valence electrons. The van der Waals surface area contributed by atoms with Gasteiger partial charge < -0.3 is 4.74 Å². The van der Waals surface area contributed by atoms with Crippen molar-refractivity contribution < 1.29 is 4.74 Å². The third kappa shape index (κ3) is 3.50. The molecule has 0 saturated carbocycles. The molecule has 0 aromatic carbocycles. The van der Waals surface area contributed by atoms with E-state index in [1.807, 2.05) is 13.8 Å². The Balaban J connectivity index is 2.66. The number of hydrogen-bond acceptors (Lipinski definition) is 3. The Hall–Kier alpha value is -0.830. The molecule has 1 heterocycles. The van der Waals surface area contributed by atoms with E-state index in [0.29, 0.717) is 5.88 Å². The molecule has 0 amide bonds. The van der Waals surface area contributed by atoms with Gasteiger partial charge in [-0.25, -0.2) is 4.98 Å². The average Bonchev–Trinajstić information content (AvgIpc) is 2.01. The summed E-state index contributed by atoms with van der Waals surface area (Å²) >= 11 is 5.71. The van der Waals surface area contributed by atoms with Crippen molar-refractivity contribution in [1.29, 1.82) is 0 Å². The average molecular weight is 215 g/mol. The van der Waals surface area contributed by atoms with Crippen LogP contribution in [0, 0.1) is 6.92 Å². The number of nitrogens with zero attached hydrogens (tertiary/aromatic N) is 2. The van der Waals surface area contributed by atoms with Gasteiger partial charge in [0.2, 0.25) is 11.2 Å². The first kappa shape index (κ1) is 11.2. The lowest BCUT2D eigenvalue weighted by atomic mass is 10.2. The van der Waals surface area contributed by atoms with Crippen LogP contribution in [0.15, 0.2) is 6.07 Å². The van der Waals surface area contributed by atoms with Crippen LogP contribution in [-0.2, 0) is 0 Å². The van der Waals surface area contributed by atoms with E-state index in [1.165, 1.54) is 0 Å². The Labute approximate surface area is 89.5 Å². The smallest absolute Gasteiger partial charge is 0.225 e. The lowest BCUT2D eigenvalue weighted by Gasteiger charge is -2.12. The number of halogens is 1. The van der Waals surface area contributed by atoms with Gasteiger partial charge >= 0.3 is 0 Å². The van der Waals surface area contributed by atoms with E-state index in [9.17, 15) is 0 Å². The first-order valence-electron chi connectivity index (χ1n) is 4.79. The van der Waals surface area contributed by atoms with Crippen LogP contribution in [0.4, 0.5) is 0 Å². The van der Waals surface area contributed by atoms with Crippen molar-refractivity contribution in [2.24, 2.45) is 0 Å². The number of ether oxygens (including phenoxy) is 1. The molecule has 0 aliphatic heterocycles. The minimum atomic E-state index is 0.172. The molecule has 0 bridgehead atoms. The molecule has 1 rings (SSSR count). The van der Waals surface area contributed by atoms with Crippen LogP contribution in [0.25, 0.3) is 0 Å². The highest BCUT2D eigenvalue weighted by Gasteiger charge is 2.05. The molecule has 1 aromatic rings. The number of aryl methyl sites for hydroxylation is 1. The second-order valence-corrected chi connectivity index (χ2v) is 3.67. The number of rotatable bonds is 4. The molecular weight excluding hydrogens is 200 g/mol. The van der Waals surface area contributed by atoms with Crippen molar-refractivity contribution >= 4 is 11.6 Å². The van der Waals surface area contributed by atoms with Crippen molar-refractivity contribution in [2.75, 3.05) is 0 Å². The monoisotopic (exact) mass is 214 g/mol. The molecule has 1 atom stereocenters. The summed E-state index contributed by atoms with van der Waals surface area (Å²) in [6, 6.07) is 1.79. The van der Waals surface area contributed by atoms with Gasteiger partial charge in [0.15, 0.2) is 0 Å². The van der Waals surface area contributed by atoms with E-state index < -0.39 is 0 Å². The summed E-state index contributed by atoms with van der Waals surface area (Å²) in [6.45, 7) is 6.01. The van der Waals surface area contributed by atoms with Crippen LogP contribution in [0.5, 0.6) is 5.88 Å². The van der Waals surface area contributed by atoms with Crippen LogP contribution < -0.4 is 4.74 Å². The second kappa shape index (κ2) is 5.15. The Kier molecular flexibility index (Phi) is 4.14. The summed E-state index contributed by atoms with van der Waals surface area (Å²) in [5.41, 5.74) is 0.823. The Morgan fingerprint density at radius 3 is 2.79 bits per heavy atom. The second-order valence-electron chi connectivity index (χ2n) is 3.33. The quantitative estimate of drug-likeness (QED) is 0.723. The Bertz CT molecular complexity index is 284. The van der Waals surface area contributed by atoms with Crippen LogP contribution in [0.1, 0.15) is 32.4 Å². The molecule has 0 N–H and O–H groups in total. The third-order valence-electron chi connectivity index (χ3n) is 1.82. The van der Waals surface area contributed by atoms with E-state index in [4.69, 9.17) is 16.3 Å². The van der Waals surface area contributed by atoms with Crippen molar-refractivity contribution in [2.45, 2.75) is 39.7 Å². The Morgan fingerprint density at radius 1 is 1.50 bits per heavy atom. The molecule has 0 aliphatic carbocycles. The first-order valence-corrected chi connectivity index (χ1v) is 5.17. The van der Waals surface area contributed by atoms with Gasteiger partial charge in [-0.15, -0.1) is 0 Å². The fraction of sp³-hybridized carbons (Fsp3) is 0.600. The maximum absolute atomic E-state index is 5.71. The maximum atomic E-state index is 5.71. The molecule has 3 nitrogen and oxygen atoms in total. The standard InChI is InChI=1S/C10H15ClN2O/c1-4-5-8(3)14-9-6-7(2)12-10(11)13-9/h6,8H,4-5H2,1-3H3. The minimum absolute atomic E-state index is 0.172. The van der Waals surface area contributed by atoms with Gasteiger partial charge in [0.05, 0.1) is 6.10 Å². The molecule has 1 aromatic heterocycles. The Morgan fingerprint density at radius 2 is 2.21 bits per heavy atom. The zero-order chi connectivity index (χ0) is 10.6. The van der Waals surface area contributed by atoms with Crippen molar-refractivity contribution in [1.82, 2.24) is 9.97 Å². The summed E-state index contributed by atoms with van der Waals surface area (Å²) in [7, 11) is 0. The highest BCUT2D eigenvalue weighted by Crippen LogP contribution is 2.14. The molecule has 0 fully saturated rings. The molecule has 1 unspecified atom stereocenters. The maximum Gasteiger partial charge on any atom is 0.225 e. The van der Waals surface area contributed by atoms with Gasteiger partial charge in [-0.3, -0.25) is 0 Å². The van der Waals surface area contributed by atoms with Gasteiger partial charge in [-0.2, -0.15) is 4.98 Å². The van der Waals surface area contributed by atoms with Crippen LogP contribution in [0.2, 0.25) is 5.28 Å². The molecule has 4 heteroatoms. The van der Waals surface area contributed by atoms with Gasteiger partial charge in [-0.05, 0) is 31.9 Å². The molecule has 0 aliphatic rings. The van der Waals surface area contributed by atoms with Crippen LogP contribution in [-0.4, -0.2) is 16.1 Å². The zero-order valence-corrected chi connectivity index (χ0v) is 9.51. The predicted octanol–water partition coefficient (Wildman–Crippen LogP) is 3.01. The normalized spacial score (nSPS) is 12.6. The van der Waals surface area contributed by atoms with Gasteiger partial charge in [0.1, 0.15) is 0 Å². The lowest BCUT2D eigenvalue weighted by molar-refractivity contribution is 0.201. The largest absolute Gasteiger partial charge is 0.475 e. The number of hydrogen-bond donors (Lipinski definition) is 0. The molecule has 0 radical (unpaired) electrons. The van der Waals surface area contributed by atoms with Crippen molar-refractivity contribution in [3.8, 4) is 5.88 Å². The van der Waals surface area contributed by atoms with Crippen molar-refractivity contribution in [3.63, 3.8) is 0 Å². The fourth-order valence-electron chi connectivity index (χ4n) is 1.24. The fourth-order valence-corrected chi connectivity index (χ4v) is 1.45. The summed E-state index contributed by atoms with van der Waals surface area (Å²) in [4.78, 5) is 7.95.